The molecule has 3 heteroatoms. The largest absolute Gasteiger partial charge is 0.489 e. The third-order valence-electron chi connectivity index (χ3n) is 2.92. The van der Waals surface area contributed by atoms with E-state index in [1.165, 1.54) is 5.56 Å². The Morgan fingerprint density at radius 3 is 2.39 bits per heavy atom. The van der Waals surface area contributed by atoms with Crippen LogP contribution in [0.25, 0.3) is 0 Å². The zero-order chi connectivity index (χ0) is 13.5. The molecule has 1 N–H and O–H groups in total. The minimum Gasteiger partial charge on any atom is -0.489 e. The molecule has 1 rings (SSSR count). The van der Waals surface area contributed by atoms with Gasteiger partial charge in [-0.1, -0.05) is 33.8 Å². The van der Waals surface area contributed by atoms with Gasteiger partial charge < -0.3 is 10.1 Å². The lowest BCUT2D eigenvalue weighted by atomic mass is 10.2. The van der Waals surface area contributed by atoms with E-state index in [9.17, 15) is 0 Å². The monoisotopic (exact) mass is 313 g/mol. The summed E-state index contributed by atoms with van der Waals surface area (Å²) in [7, 11) is 0. The van der Waals surface area contributed by atoms with Gasteiger partial charge in [0.25, 0.3) is 0 Å². The van der Waals surface area contributed by atoms with E-state index in [1.807, 2.05) is 0 Å². The summed E-state index contributed by atoms with van der Waals surface area (Å²) in [4.78, 5) is 0. The van der Waals surface area contributed by atoms with Crippen molar-refractivity contribution < 1.29 is 4.74 Å². The molecule has 1 aromatic rings. The fourth-order valence-corrected chi connectivity index (χ4v) is 2.23. The minimum absolute atomic E-state index is 0.306. The Morgan fingerprint density at radius 1 is 1.22 bits per heavy atom. The standard InChI is InChI=1S/C15H24BrNO/c1-5-13(6-2)18-15-8-7-12(9-14(15)16)10-17-11(3)4/h7-9,11,13,17H,5-6,10H2,1-4H3. The van der Waals surface area contributed by atoms with Crippen molar-refractivity contribution in [3.8, 4) is 5.75 Å². The van der Waals surface area contributed by atoms with Crippen molar-refractivity contribution in [2.75, 3.05) is 0 Å². The van der Waals surface area contributed by atoms with Gasteiger partial charge in [0.1, 0.15) is 5.75 Å². The third-order valence-corrected chi connectivity index (χ3v) is 3.53. The average Bonchev–Trinajstić information content (AvgIpc) is 2.35. The first kappa shape index (κ1) is 15.5. The Labute approximate surface area is 119 Å². The van der Waals surface area contributed by atoms with Crippen LogP contribution >= 0.6 is 15.9 Å². The highest BCUT2D eigenvalue weighted by Crippen LogP contribution is 2.27. The van der Waals surface area contributed by atoms with E-state index in [1.54, 1.807) is 0 Å². The van der Waals surface area contributed by atoms with Crippen LogP contribution in [0, 0.1) is 0 Å². The molecule has 0 fully saturated rings. The molecule has 0 aliphatic heterocycles. The molecule has 0 saturated heterocycles. The second kappa shape index (κ2) is 7.80. The molecule has 0 amide bonds. The molecular formula is C15H24BrNO. The Kier molecular flexibility index (Phi) is 6.72. The first-order valence-corrected chi connectivity index (χ1v) is 7.54. The molecule has 2 nitrogen and oxygen atoms in total. The number of benzene rings is 1. The van der Waals surface area contributed by atoms with Gasteiger partial charge in [-0.25, -0.2) is 0 Å². The highest BCUT2D eigenvalue weighted by Gasteiger charge is 2.08. The van der Waals surface area contributed by atoms with Gasteiger partial charge in [0.05, 0.1) is 10.6 Å². The van der Waals surface area contributed by atoms with Crippen molar-refractivity contribution in [2.24, 2.45) is 0 Å². The maximum atomic E-state index is 5.96. The molecule has 0 aliphatic rings. The van der Waals surface area contributed by atoms with Gasteiger partial charge in [-0.3, -0.25) is 0 Å². The first-order valence-electron chi connectivity index (χ1n) is 6.75. The van der Waals surface area contributed by atoms with Gasteiger partial charge in [0.2, 0.25) is 0 Å². The summed E-state index contributed by atoms with van der Waals surface area (Å²) in [6.07, 6.45) is 2.39. The fraction of sp³-hybridized carbons (Fsp3) is 0.600. The lowest BCUT2D eigenvalue weighted by Crippen LogP contribution is -2.21. The summed E-state index contributed by atoms with van der Waals surface area (Å²) in [5.41, 5.74) is 1.27. The number of nitrogens with one attached hydrogen (secondary N) is 1. The number of ether oxygens (including phenoxy) is 1. The summed E-state index contributed by atoms with van der Waals surface area (Å²) in [6.45, 7) is 9.51. The van der Waals surface area contributed by atoms with Crippen LogP contribution in [0.4, 0.5) is 0 Å². The normalized spacial score (nSPS) is 11.3. The van der Waals surface area contributed by atoms with E-state index in [-0.39, 0.29) is 0 Å². The van der Waals surface area contributed by atoms with E-state index in [2.05, 4.69) is 67.1 Å². The van der Waals surface area contributed by atoms with Crippen molar-refractivity contribution in [3.05, 3.63) is 28.2 Å². The van der Waals surface area contributed by atoms with E-state index in [4.69, 9.17) is 4.74 Å². The Hall–Kier alpha value is -0.540. The van der Waals surface area contributed by atoms with Crippen LogP contribution in [0.5, 0.6) is 5.75 Å². The fourth-order valence-electron chi connectivity index (χ4n) is 1.71. The minimum atomic E-state index is 0.306. The second-order valence-corrected chi connectivity index (χ2v) is 5.71. The molecule has 0 aliphatic carbocycles. The van der Waals surface area contributed by atoms with Crippen LogP contribution in [0.15, 0.2) is 22.7 Å². The first-order chi connectivity index (χ1) is 8.56. The predicted molar refractivity (Wildman–Crippen MR) is 81.1 cm³/mol. The van der Waals surface area contributed by atoms with E-state index in [0.717, 1.165) is 29.6 Å². The molecule has 0 saturated carbocycles. The molecule has 0 aromatic heterocycles. The van der Waals surface area contributed by atoms with Crippen molar-refractivity contribution in [1.82, 2.24) is 5.32 Å². The third kappa shape index (κ3) is 4.99. The van der Waals surface area contributed by atoms with E-state index < -0.39 is 0 Å². The van der Waals surface area contributed by atoms with Gasteiger partial charge in [-0.05, 0) is 46.5 Å². The number of rotatable bonds is 7. The summed E-state index contributed by atoms with van der Waals surface area (Å²) < 4.78 is 7.00. The van der Waals surface area contributed by atoms with Crippen LogP contribution in [0.3, 0.4) is 0 Å². The molecule has 0 atom stereocenters. The van der Waals surface area contributed by atoms with E-state index >= 15 is 0 Å². The summed E-state index contributed by atoms with van der Waals surface area (Å²) in [6, 6.07) is 6.81. The lowest BCUT2D eigenvalue weighted by Gasteiger charge is -2.17. The zero-order valence-corrected chi connectivity index (χ0v) is 13.4. The quantitative estimate of drug-likeness (QED) is 0.799. The predicted octanol–water partition coefficient (Wildman–Crippen LogP) is 4.51. The molecule has 18 heavy (non-hydrogen) atoms. The SMILES string of the molecule is CCC(CC)Oc1ccc(CNC(C)C)cc1Br. The second-order valence-electron chi connectivity index (χ2n) is 4.86. The Morgan fingerprint density at radius 2 is 1.89 bits per heavy atom. The highest BCUT2D eigenvalue weighted by molar-refractivity contribution is 9.10. The molecule has 0 heterocycles. The van der Waals surface area contributed by atoms with Crippen LogP contribution in [0.2, 0.25) is 0 Å². The van der Waals surface area contributed by atoms with Crippen molar-refractivity contribution in [2.45, 2.75) is 59.2 Å². The van der Waals surface area contributed by atoms with Crippen molar-refractivity contribution in [1.29, 1.82) is 0 Å². The average molecular weight is 314 g/mol. The molecule has 0 unspecified atom stereocenters. The summed E-state index contributed by atoms with van der Waals surface area (Å²) in [5.74, 6) is 0.942. The number of hydrogen-bond acceptors (Lipinski definition) is 2. The maximum absolute atomic E-state index is 5.96. The smallest absolute Gasteiger partial charge is 0.133 e. The van der Waals surface area contributed by atoms with Crippen molar-refractivity contribution >= 4 is 15.9 Å². The molecule has 0 radical (unpaired) electrons. The van der Waals surface area contributed by atoms with Gasteiger partial charge >= 0.3 is 0 Å². The molecule has 0 bridgehead atoms. The Bertz CT molecular complexity index is 362. The molecule has 1 aromatic carbocycles. The number of halogens is 1. The zero-order valence-electron chi connectivity index (χ0n) is 11.8. The van der Waals surface area contributed by atoms with Crippen LogP contribution in [-0.4, -0.2) is 12.1 Å². The number of hydrogen-bond donors (Lipinski definition) is 1. The highest BCUT2D eigenvalue weighted by atomic mass is 79.9. The Balaban J connectivity index is 2.67. The summed E-state index contributed by atoms with van der Waals surface area (Å²) >= 11 is 3.59. The summed E-state index contributed by atoms with van der Waals surface area (Å²) in [5, 5.41) is 3.41. The van der Waals surface area contributed by atoms with Crippen LogP contribution < -0.4 is 10.1 Å². The van der Waals surface area contributed by atoms with Crippen LogP contribution in [0.1, 0.15) is 46.1 Å². The molecule has 102 valence electrons. The maximum Gasteiger partial charge on any atom is 0.133 e. The van der Waals surface area contributed by atoms with E-state index in [0.29, 0.717) is 12.1 Å². The molecule has 0 spiro atoms. The van der Waals surface area contributed by atoms with Gasteiger partial charge in [0.15, 0.2) is 0 Å². The topological polar surface area (TPSA) is 21.3 Å². The van der Waals surface area contributed by atoms with Crippen LogP contribution in [-0.2, 0) is 6.54 Å². The van der Waals surface area contributed by atoms with Gasteiger partial charge in [-0.2, -0.15) is 0 Å². The lowest BCUT2D eigenvalue weighted by molar-refractivity contribution is 0.191. The van der Waals surface area contributed by atoms with Gasteiger partial charge in [0, 0.05) is 12.6 Å². The van der Waals surface area contributed by atoms with Gasteiger partial charge in [-0.15, -0.1) is 0 Å². The van der Waals surface area contributed by atoms with Crippen molar-refractivity contribution in [3.63, 3.8) is 0 Å². The molecular weight excluding hydrogens is 290 g/mol.